The first-order valence-electron chi connectivity index (χ1n) is 7.59. The SMILES string of the molecule is CCCCC(CC)CNCc1ccc(C(=O)OC)cc1. The molecule has 0 fully saturated rings. The molecule has 1 rings (SSSR count). The highest BCUT2D eigenvalue weighted by Gasteiger charge is 2.06. The lowest BCUT2D eigenvalue weighted by molar-refractivity contribution is 0.0600. The molecule has 0 amide bonds. The Bertz CT molecular complexity index is 386. The molecule has 0 radical (unpaired) electrons. The topological polar surface area (TPSA) is 38.3 Å². The van der Waals surface area contributed by atoms with Crippen LogP contribution in [0.2, 0.25) is 0 Å². The Morgan fingerprint density at radius 2 is 1.95 bits per heavy atom. The predicted octanol–water partition coefficient (Wildman–Crippen LogP) is 3.78. The van der Waals surface area contributed by atoms with Gasteiger partial charge in [-0.25, -0.2) is 4.79 Å². The predicted molar refractivity (Wildman–Crippen MR) is 82.8 cm³/mol. The molecule has 1 aromatic rings. The van der Waals surface area contributed by atoms with Crippen molar-refractivity contribution in [2.45, 2.75) is 46.1 Å². The molecule has 3 heteroatoms. The van der Waals surface area contributed by atoms with Gasteiger partial charge < -0.3 is 10.1 Å². The fraction of sp³-hybridized carbons (Fsp3) is 0.588. The van der Waals surface area contributed by atoms with Crippen LogP contribution in [0, 0.1) is 5.92 Å². The first-order chi connectivity index (χ1) is 9.71. The number of esters is 1. The molecule has 0 saturated heterocycles. The summed E-state index contributed by atoms with van der Waals surface area (Å²) in [5, 5.41) is 3.51. The van der Waals surface area contributed by atoms with E-state index in [9.17, 15) is 4.79 Å². The number of rotatable bonds is 9. The number of carbonyl (C=O) groups is 1. The van der Waals surface area contributed by atoms with Crippen molar-refractivity contribution in [3.8, 4) is 0 Å². The molecule has 0 aromatic heterocycles. The van der Waals surface area contributed by atoms with Gasteiger partial charge in [-0.1, -0.05) is 45.2 Å². The summed E-state index contributed by atoms with van der Waals surface area (Å²) < 4.78 is 4.69. The number of unbranched alkanes of at least 4 members (excludes halogenated alkanes) is 1. The van der Waals surface area contributed by atoms with Crippen LogP contribution in [0.25, 0.3) is 0 Å². The lowest BCUT2D eigenvalue weighted by atomic mass is 9.99. The van der Waals surface area contributed by atoms with E-state index in [0.717, 1.165) is 19.0 Å². The average Bonchev–Trinajstić information content (AvgIpc) is 2.50. The van der Waals surface area contributed by atoms with Gasteiger partial charge in [0.1, 0.15) is 0 Å². The second-order valence-electron chi connectivity index (χ2n) is 5.24. The van der Waals surface area contributed by atoms with E-state index in [-0.39, 0.29) is 5.97 Å². The van der Waals surface area contributed by atoms with Gasteiger partial charge in [-0.05, 0) is 36.6 Å². The third-order valence-electron chi connectivity index (χ3n) is 3.68. The molecule has 1 atom stereocenters. The van der Waals surface area contributed by atoms with Gasteiger partial charge in [0.05, 0.1) is 12.7 Å². The number of ether oxygens (including phenoxy) is 1. The summed E-state index contributed by atoms with van der Waals surface area (Å²) in [7, 11) is 1.40. The summed E-state index contributed by atoms with van der Waals surface area (Å²) in [6, 6.07) is 7.59. The van der Waals surface area contributed by atoms with Gasteiger partial charge in [0.2, 0.25) is 0 Å². The molecule has 0 spiro atoms. The normalized spacial score (nSPS) is 12.2. The molecule has 0 saturated carbocycles. The van der Waals surface area contributed by atoms with Gasteiger partial charge in [-0.15, -0.1) is 0 Å². The Balaban J connectivity index is 2.36. The fourth-order valence-corrected chi connectivity index (χ4v) is 2.24. The number of methoxy groups -OCH3 is 1. The summed E-state index contributed by atoms with van der Waals surface area (Å²) in [5.41, 5.74) is 1.80. The fourth-order valence-electron chi connectivity index (χ4n) is 2.24. The van der Waals surface area contributed by atoms with E-state index < -0.39 is 0 Å². The van der Waals surface area contributed by atoms with Crippen LogP contribution < -0.4 is 5.32 Å². The van der Waals surface area contributed by atoms with E-state index in [2.05, 4.69) is 23.9 Å². The van der Waals surface area contributed by atoms with Crippen LogP contribution in [0.3, 0.4) is 0 Å². The van der Waals surface area contributed by atoms with Crippen molar-refractivity contribution in [3.05, 3.63) is 35.4 Å². The van der Waals surface area contributed by atoms with Gasteiger partial charge in [0.25, 0.3) is 0 Å². The van der Waals surface area contributed by atoms with E-state index in [1.807, 2.05) is 24.3 Å². The third kappa shape index (κ3) is 5.74. The molecule has 0 aliphatic heterocycles. The summed E-state index contributed by atoms with van der Waals surface area (Å²) in [4.78, 5) is 11.3. The highest BCUT2D eigenvalue weighted by molar-refractivity contribution is 5.89. The zero-order valence-corrected chi connectivity index (χ0v) is 12.9. The van der Waals surface area contributed by atoms with Crippen molar-refractivity contribution in [1.29, 1.82) is 0 Å². The average molecular weight is 277 g/mol. The zero-order valence-electron chi connectivity index (χ0n) is 12.9. The summed E-state index contributed by atoms with van der Waals surface area (Å²) >= 11 is 0. The molecule has 0 bridgehead atoms. The maximum Gasteiger partial charge on any atom is 0.337 e. The highest BCUT2D eigenvalue weighted by atomic mass is 16.5. The highest BCUT2D eigenvalue weighted by Crippen LogP contribution is 2.12. The van der Waals surface area contributed by atoms with Gasteiger partial charge in [0, 0.05) is 6.54 Å². The number of hydrogen-bond donors (Lipinski definition) is 1. The van der Waals surface area contributed by atoms with Crippen LogP contribution in [0.5, 0.6) is 0 Å². The van der Waals surface area contributed by atoms with Crippen molar-refractivity contribution < 1.29 is 9.53 Å². The van der Waals surface area contributed by atoms with E-state index in [1.54, 1.807) is 0 Å². The Labute approximate surface area is 122 Å². The molecule has 3 nitrogen and oxygen atoms in total. The van der Waals surface area contributed by atoms with E-state index in [0.29, 0.717) is 5.56 Å². The minimum atomic E-state index is -0.282. The van der Waals surface area contributed by atoms with Gasteiger partial charge in [-0.2, -0.15) is 0 Å². The minimum absolute atomic E-state index is 0.282. The van der Waals surface area contributed by atoms with E-state index in [1.165, 1.54) is 38.4 Å². The van der Waals surface area contributed by atoms with Crippen LogP contribution in [0.15, 0.2) is 24.3 Å². The number of nitrogens with one attached hydrogen (secondary N) is 1. The number of carbonyl (C=O) groups excluding carboxylic acids is 1. The monoisotopic (exact) mass is 277 g/mol. The van der Waals surface area contributed by atoms with Crippen molar-refractivity contribution in [2.75, 3.05) is 13.7 Å². The molecule has 20 heavy (non-hydrogen) atoms. The quantitative estimate of drug-likeness (QED) is 0.698. The Morgan fingerprint density at radius 3 is 2.50 bits per heavy atom. The summed E-state index contributed by atoms with van der Waals surface area (Å²) in [6.45, 7) is 6.41. The van der Waals surface area contributed by atoms with Crippen LogP contribution in [-0.4, -0.2) is 19.6 Å². The van der Waals surface area contributed by atoms with Crippen LogP contribution in [-0.2, 0) is 11.3 Å². The zero-order chi connectivity index (χ0) is 14.8. The van der Waals surface area contributed by atoms with Crippen molar-refractivity contribution in [2.24, 2.45) is 5.92 Å². The third-order valence-corrected chi connectivity index (χ3v) is 3.68. The Hall–Kier alpha value is -1.35. The second-order valence-corrected chi connectivity index (χ2v) is 5.24. The minimum Gasteiger partial charge on any atom is -0.465 e. The largest absolute Gasteiger partial charge is 0.465 e. The lowest BCUT2D eigenvalue weighted by Gasteiger charge is -2.15. The molecule has 112 valence electrons. The first-order valence-corrected chi connectivity index (χ1v) is 7.59. The maximum absolute atomic E-state index is 11.3. The van der Waals surface area contributed by atoms with Crippen molar-refractivity contribution >= 4 is 5.97 Å². The Kier molecular flexibility index (Phi) is 7.97. The molecule has 0 aliphatic rings. The Morgan fingerprint density at radius 1 is 1.25 bits per heavy atom. The van der Waals surface area contributed by atoms with Crippen LogP contribution >= 0.6 is 0 Å². The van der Waals surface area contributed by atoms with Crippen LogP contribution in [0.1, 0.15) is 55.5 Å². The summed E-state index contributed by atoms with van der Waals surface area (Å²) in [5.74, 6) is 0.486. The molecule has 1 N–H and O–H groups in total. The maximum atomic E-state index is 11.3. The van der Waals surface area contributed by atoms with Gasteiger partial charge in [0.15, 0.2) is 0 Å². The standard InChI is InChI=1S/C17H27NO2/c1-4-6-7-14(5-2)12-18-13-15-8-10-16(11-9-15)17(19)20-3/h8-11,14,18H,4-7,12-13H2,1-3H3. The lowest BCUT2D eigenvalue weighted by Crippen LogP contribution is -2.22. The van der Waals surface area contributed by atoms with Gasteiger partial charge >= 0.3 is 5.97 Å². The number of benzene rings is 1. The summed E-state index contributed by atoms with van der Waals surface area (Å²) in [6.07, 6.45) is 5.12. The smallest absolute Gasteiger partial charge is 0.337 e. The molecule has 0 heterocycles. The van der Waals surface area contributed by atoms with Crippen LogP contribution in [0.4, 0.5) is 0 Å². The molecule has 1 aromatic carbocycles. The first kappa shape index (κ1) is 16.7. The molecular formula is C17H27NO2. The second kappa shape index (κ2) is 9.54. The van der Waals surface area contributed by atoms with Crippen molar-refractivity contribution in [1.82, 2.24) is 5.32 Å². The number of hydrogen-bond acceptors (Lipinski definition) is 3. The van der Waals surface area contributed by atoms with Gasteiger partial charge in [-0.3, -0.25) is 0 Å². The molecule has 0 aliphatic carbocycles. The molecule has 1 unspecified atom stereocenters. The van der Waals surface area contributed by atoms with E-state index >= 15 is 0 Å². The van der Waals surface area contributed by atoms with Crippen molar-refractivity contribution in [3.63, 3.8) is 0 Å². The molecular weight excluding hydrogens is 250 g/mol. The van der Waals surface area contributed by atoms with E-state index in [4.69, 9.17) is 0 Å².